The maximum absolute atomic E-state index is 4.57. The second kappa shape index (κ2) is 11.8. The molecule has 0 saturated carbocycles. The molecule has 0 N–H and O–H groups in total. The third-order valence-electron chi connectivity index (χ3n) is 4.98. The van der Waals surface area contributed by atoms with Crippen molar-refractivity contribution in [3.63, 3.8) is 0 Å². The Morgan fingerprint density at radius 1 is 0.731 bits per heavy atom. The highest BCUT2D eigenvalue weighted by atomic mass is 14.9. The van der Waals surface area contributed by atoms with E-state index in [-0.39, 0.29) is 0 Å². The first-order valence-corrected chi connectivity index (χ1v) is 10.6. The number of benzene rings is 1. The van der Waals surface area contributed by atoms with Gasteiger partial charge in [-0.25, -0.2) is 9.97 Å². The van der Waals surface area contributed by atoms with Gasteiger partial charge >= 0.3 is 0 Å². The number of hydrogen-bond acceptors (Lipinski definition) is 2. The summed E-state index contributed by atoms with van der Waals surface area (Å²) >= 11 is 0. The summed E-state index contributed by atoms with van der Waals surface area (Å²) in [5, 5.41) is 0. The third kappa shape index (κ3) is 7.68. The van der Waals surface area contributed by atoms with Crippen LogP contribution < -0.4 is 0 Å². The molecule has 2 aromatic rings. The molecule has 0 aliphatic carbocycles. The molecule has 26 heavy (non-hydrogen) atoms. The summed E-state index contributed by atoms with van der Waals surface area (Å²) in [6, 6.07) is 8.80. The number of aryl methyl sites for hydroxylation is 2. The lowest BCUT2D eigenvalue weighted by molar-refractivity contribution is 0.527. The van der Waals surface area contributed by atoms with Gasteiger partial charge in [-0.3, -0.25) is 0 Å². The van der Waals surface area contributed by atoms with Gasteiger partial charge in [0, 0.05) is 18.0 Å². The van der Waals surface area contributed by atoms with Crippen LogP contribution in [0.5, 0.6) is 0 Å². The molecule has 0 aliphatic heterocycles. The molecule has 142 valence electrons. The lowest BCUT2D eigenvalue weighted by Crippen LogP contribution is -1.94. The second-order valence-corrected chi connectivity index (χ2v) is 7.92. The van der Waals surface area contributed by atoms with Crippen molar-refractivity contribution in [2.75, 3.05) is 0 Å². The van der Waals surface area contributed by atoms with E-state index in [1.807, 2.05) is 12.4 Å². The van der Waals surface area contributed by atoms with E-state index < -0.39 is 0 Å². The van der Waals surface area contributed by atoms with E-state index in [1.54, 1.807) is 0 Å². The Hall–Kier alpha value is -1.70. The average molecular weight is 353 g/mol. The molecule has 1 aromatic carbocycles. The summed E-state index contributed by atoms with van der Waals surface area (Å²) < 4.78 is 0. The molecule has 0 spiro atoms. The molecule has 0 atom stereocenters. The first kappa shape index (κ1) is 20.6. The van der Waals surface area contributed by atoms with Gasteiger partial charge in [-0.05, 0) is 42.7 Å². The van der Waals surface area contributed by atoms with Crippen LogP contribution >= 0.6 is 0 Å². The largest absolute Gasteiger partial charge is 0.236 e. The van der Waals surface area contributed by atoms with Crippen LogP contribution in [0, 0.1) is 5.92 Å². The van der Waals surface area contributed by atoms with Gasteiger partial charge in [0.1, 0.15) is 0 Å². The number of unbranched alkanes of at least 4 members (excludes halogenated alkanes) is 5. The molecule has 0 radical (unpaired) electrons. The van der Waals surface area contributed by atoms with Crippen molar-refractivity contribution >= 4 is 0 Å². The zero-order valence-electron chi connectivity index (χ0n) is 17.0. The van der Waals surface area contributed by atoms with E-state index in [2.05, 4.69) is 55.0 Å². The molecule has 0 unspecified atom stereocenters. The molecule has 1 aromatic heterocycles. The molecule has 2 rings (SSSR count). The second-order valence-electron chi connectivity index (χ2n) is 7.92. The minimum atomic E-state index is 0.831. The normalized spacial score (nSPS) is 11.2. The standard InChI is InChI=1S/C24H36N2/c1-4-5-6-9-13-22-18-25-24(26-19-22)23-16-14-21(15-17-23)12-10-7-8-11-20(2)3/h14-20H,4-13H2,1-3H3. The summed E-state index contributed by atoms with van der Waals surface area (Å²) in [6.45, 7) is 6.86. The van der Waals surface area contributed by atoms with E-state index >= 15 is 0 Å². The molecular weight excluding hydrogens is 316 g/mol. The van der Waals surface area contributed by atoms with Gasteiger partial charge in [-0.1, -0.05) is 83.6 Å². The Balaban J connectivity index is 1.78. The lowest BCUT2D eigenvalue weighted by Gasteiger charge is -2.06. The van der Waals surface area contributed by atoms with Crippen molar-refractivity contribution in [2.24, 2.45) is 5.92 Å². The van der Waals surface area contributed by atoms with Crippen LogP contribution in [0.4, 0.5) is 0 Å². The van der Waals surface area contributed by atoms with Gasteiger partial charge in [0.2, 0.25) is 0 Å². The van der Waals surface area contributed by atoms with E-state index in [0.29, 0.717) is 0 Å². The highest BCUT2D eigenvalue weighted by molar-refractivity contribution is 5.55. The molecule has 2 heteroatoms. The minimum Gasteiger partial charge on any atom is -0.236 e. The van der Waals surface area contributed by atoms with Crippen molar-refractivity contribution in [3.05, 3.63) is 47.8 Å². The summed E-state index contributed by atoms with van der Waals surface area (Å²) in [5.74, 6) is 1.67. The Morgan fingerprint density at radius 3 is 1.96 bits per heavy atom. The third-order valence-corrected chi connectivity index (χ3v) is 4.98. The van der Waals surface area contributed by atoms with Gasteiger partial charge in [-0.2, -0.15) is 0 Å². The van der Waals surface area contributed by atoms with Crippen molar-refractivity contribution in [1.82, 2.24) is 9.97 Å². The van der Waals surface area contributed by atoms with Crippen molar-refractivity contribution in [3.8, 4) is 11.4 Å². The van der Waals surface area contributed by atoms with Crippen molar-refractivity contribution in [2.45, 2.75) is 85.0 Å². The predicted octanol–water partition coefficient (Wildman–Crippen LogP) is 7.03. The van der Waals surface area contributed by atoms with E-state index in [4.69, 9.17) is 0 Å². The van der Waals surface area contributed by atoms with Crippen LogP contribution in [-0.4, -0.2) is 9.97 Å². The first-order chi connectivity index (χ1) is 12.7. The van der Waals surface area contributed by atoms with Gasteiger partial charge in [0.15, 0.2) is 5.82 Å². The molecule has 0 saturated heterocycles. The van der Waals surface area contributed by atoms with E-state index in [1.165, 1.54) is 68.9 Å². The fourth-order valence-electron chi connectivity index (χ4n) is 3.27. The van der Waals surface area contributed by atoms with Crippen LogP contribution in [0.1, 0.15) is 83.3 Å². The number of nitrogens with zero attached hydrogens (tertiary/aromatic N) is 2. The molecule has 0 bridgehead atoms. The smallest absolute Gasteiger partial charge is 0.159 e. The van der Waals surface area contributed by atoms with Crippen molar-refractivity contribution in [1.29, 1.82) is 0 Å². The van der Waals surface area contributed by atoms with Crippen LogP contribution in [-0.2, 0) is 12.8 Å². The molecule has 0 fully saturated rings. The highest BCUT2D eigenvalue weighted by Gasteiger charge is 2.03. The van der Waals surface area contributed by atoms with Gasteiger partial charge in [-0.15, -0.1) is 0 Å². The quantitative estimate of drug-likeness (QED) is 0.383. The van der Waals surface area contributed by atoms with Crippen LogP contribution in [0.25, 0.3) is 11.4 Å². The summed E-state index contributed by atoms with van der Waals surface area (Å²) in [4.78, 5) is 9.14. The molecule has 0 amide bonds. The Bertz CT molecular complexity index is 599. The fourth-order valence-corrected chi connectivity index (χ4v) is 3.27. The predicted molar refractivity (Wildman–Crippen MR) is 112 cm³/mol. The molecule has 0 aliphatic rings. The monoisotopic (exact) mass is 352 g/mol. The maximum Gasteiger partial charge on any atom is 0.159 e. The van der Waals surface area contributed by atoms with E-state index in [0.717, 1.165) is 23.7 Å². The minimum absolute atomic E-state index is 0.831. The molecular formula is C24H36N2. The maximum atomic E-state index is 4.57. The summed E-state index contributed by atoms with van der Waals surface area (Å²) in [7, 11) is 0. The van der Waals surface area contributed by atoms with Gasteiger partial charge < -0.3 is 0 Å². The van der Waals surface area contributed by atoms with Crippen molar-refractivity contribution < 1.29 is 0 Å². The Labute approximate surface area is 160 Å². The highest BCUT2D eigenvalue weighted by Crippen LogP contribution is 2.18. The zero-order chi connectivity index (χ0) is 18.6. The average Bonchev–Trinajstić information content (AvgIpc) is 2.66. The van der Waals surface area contributed by atoms with Gasteiger partial charge in [0.05, 0.1) is 0 Å². The Kier molecular flexibility index (Phi) is 9.38. The number of hydrogen-bond donors (Lipinski definition) is 0. The zero-order valence-corrected chi connectivity index (χ0v) is 17.0. The first-order valence-electron chi connectivity index (χ1n) is 10.6. The van der Waals surface area contributed by atoms with Gasteiger partial charge in [0.25, 0.3) is 0 Å². The molecule has 2 nitrogen and oxygen atoms in total. The topological polar surface area (TPSA) is 25.8 Å². The lowest BCUT2D eigenvalue weighted by atomic mass is 10.0. The van der Waals surface area contributed by atoms with Crippen LogP contribution in [0.2, 0.25) is 0 Å². The van der Waals surface area contributed by atoms with Crippen LogP contribution in [0.3, 0.4) is 0 Å². The summed E-state index contributed by atoms with van der Waals surface area (Å²) in [5.41, 5.74) is 3.79. The van der Waals surface area contributed by atoms with Crippen LogP contribution in [0.15, 0.2) is 36.7 Å². The number of aromatic nitrogens is 2. The van der Waals surface area contributed by atoms with E-state index in [9.17, 15) is 0 Å². The SMILES string of the molecule is CCCCCCc1cnc(-c2ccc(CCCCCC(C)C)cc2)nc1. The number of rotatable bonds is 12. The fraction of sp³-hybridized carbons (Fsp3) is 0.583. The molecule has 1 heterocycles. The summed E-state index contributed by atoms with van der Waals surface area (Å²) in [6.07, 6.45) is 16.7. The Morgan fingerprint density at radius 2 is 1.35 bits per heavy atom.